The van der Waals surface area contributed by atoms with Crippen LogP contribution in [0.3, 0.4) is 0 Å². The number of ether oxygens (including phenoxy) is 1. The first-order valence-corrected chi connectivity index (χ1v) is 6.50. The van der Waals surface area contributed by atoms with E-state index < -0.39 is 5.97 Å². The zero-order valence-electron chi connectivity index (χ0n) is 11.4. The first-order chi connectivity index (χ1) is 10.2. The van der Waals surface area contributed by atoms with Crippen molar-refractivity contribution in [2.75, 3.05) is 7.11 Å². The molecule has 4 heteroatoms. The van der Waals surface area contributed by atoms with Crippen LogP contribution in [0.25, 0.3) is 22.0 Å². The fraction of sp³-hybridized carbons (Fsp3) is 0.0588. The number of hydrogen-bond donors (Lipinski definition) is 0. The third-order valence-electron chi connectivity index (χ3n) is 3.36. The third-order valence-corrected chi connectivity index (χ3v) is 3.36. The van der Waals surface area contributed by atoms with Crippen molar-refractivity contribution in [1.82, 2.24) is 0 Å². The Balaban J connectivity index is 2.37. The number of pyridine rings is 1. The summed E-state index contributed by atoms with van der Waals surface area (Å²) in [4.78, 5) is 11.8. The molecule has 0 saturated heterocycles. The van der Waals surface area contributed by atoms with Crippen LogP contribution in [0.4, 0.5) is 0 Å². The van der Waals surface area contributed by atoms with E-state index in [1.54, 1.807) is 18.2 Å². The van der Waals surface area contributed by atoms with Crippen LogP contribution in [-0.4, -0.2) is 13.1 Å². The van der Waals surface area contributed by atoms with E-state index in [0.717, 1.165) is 10.3 Å². The van der Waals surface area contributed by atoms with Gasteiger partial charge in [-0.3, -0.25) is 0 Å². The number of carbonyl (C=O) groups excluding carboxylic acids is 1. The van der Waals surface area contributed by atoms with Crippen molar-refractivity contribution in [2.24, 2.45) is 0 Å². The highest BCUT2D eigenvalue weighted by molar-refractivity contribution is 6.00. The van der Waals surface area contributed by atoms with E-state index in [2.05, 4.69) is 0 Å². The molecule has 2 aromatic carbocycles. The van der Waals surface area contributed by atoms with Crippen molar-refractivity contribution in [2.45, 2.75) is 0 Å². The molecule has 1 aromatic heterocycles. The molecule has 0 N–H and O–H groups in total. The summed E-state index contributed by atoms with van der Waals surface area (Å²) in [5, 5.41) is 12.8. The highest BCUT2D eigenvalue weighted by Gasteiger charge is 2.17. The molecule has 0 aliphatic heterocycles. The minimum absolute atomic E-state index is 0.421. The molecule has 104 valence electrons. The fourth-order valence-electron chi connectivity index (χ4n) is 2.40. The summed E-state index contributed by atoms with van der Waals surface area (Å²) in [6, 6.07) is 16.3. The second-order valence-electron chi connectivity index (χ2n) is 4.65. The topological polar surface area (TPSA) is 53.2 Å². The van der Waals surface area contributed by atoms with E-state index in [-0.39, 0.29) is 0 Å². The van der Waals surface area contributed by atoms with Gasteiger partial charge in [0.05, 0.1) is 18.2 Å². The Kier molecular flexibility index (Phi) is 3.28. The van der Waals surface area contributed by atoms with Crippen molar-refractivity contribution in [3.8, 4) is 11.1 Å². The maximum absolute atomic E-state index is 12.1. The monoisotopic (exact) mass is 279 g/mol. The van der Waals surface area contributed by atoms with E-state index in [0.29, 0.717) is 22.0 Å². The summed E-state index contributed by atoms with van der Waals surface area (Å²) < 4.78 is 5.60. The third kappa shape index (κ3) is 2.31. The lowest BCUT2D eigenvalue weighted by atomic mass is 9.99. The average Bonchev–Trinajstić information content (AvgIpc) is 2.54. The quantitative estimate of drug-likeness (QED) is 0.412. The SMILES string of the molecule is COC(=O)c1cc(-c2ccccc2)c2c(ccc[n+]2[O-])c1. The number of hydrogen-bond acceptors (Lipinski definition) is 3. The molecule has 0 unspecified atom stereocenters. The van der Waals surface area contributed by atoms with Gasteiger partial charge in [-0.05, 0) is 23.8 Å². The standard InChI is InChI=1S/C17H13NO3/c1-21-17(19)14-10-13-8-5-9-18(20)16(13)15(11-14)12-6-3-2-4-7-12/h2-11H,1H3. The molecular formula is C17H13NO3. The van der Waals surface area contributed by atoms with Crippen LogP contribution in [0.1, 0.15) is 10.4 Å². The number of methoxy groups -OCH3 is 1. The minimum Gasteiger partial charge on any atom is -0.618 e. The van der Waals surface area contributed by atoms with Crippen LogP contribution in [0, 0.1) is 5.21 Å². The van der Waals surface area contributed by atoms with Crippen LogP contribution in [0.5, 0.6) is 0 Å². The lowest BCUT2D eigenvalue weighted by Crippen LogP contribution is -2.26. The van der Waals surface area contributed by atoms with Crippen LogP contribution >= 0.6 is 0 Å². The van der Waals surface area contributed by atoms with Crippen LogP contribution in [0.2, 0.25) is 0 Å². The number of aromatic nitrogens is 1. The molecule has 0 fully saturated rings. The van der Waals surface area contributed by atoms with Crippen molar-refractivity contribution < 1.29 is 14.3 Å². The van der Waals surface area contributed by atoms with Gasteiger partial charge in [-0.25, -0.2) is 4.79 Å². The number of rotatable bonds is 2. The van der Waals surface area contributed by atoms with Crippen LogP contribution in [0.15, 0.2) is 60.8 Å². The van der Waals surface area contributed by atoms with Gasteiger partial charge in [-0.15, -0.1) is 0 Å². The van der Waals surface area contributed by atoms with Gasteiger partial charge in [0.2, 0.25) is 5.52 Å². The second kappa shape index (κ2) is 5.25. The van der Waals surface area contributed by atoms with Gasteiger partial charge in [0, 0.05) is 11.5 Å². The number of fused-ring (bicyclic) bond motifs is 1. The zero-order chi connectivity index (χ0) is 14.8. The predicted molar refractivity (Wildman–Crippen MR) is 79.7 cm³/mol. The molecule has 1 heterocycles. The Hall–Kier alpha value is -2.88. The van der Waals surface area contributed by atoms with Crippen molar-refractivity contribution in [3.05, 3.63) is 71.6 Å². The summed E-state index contributed by atoms with van der Waals surface area (Å²) in [5.41, 5.74) is 2.56. The summed E-state index contributed by atoms with van der Waals surface area (Å²) in [7, 11) is 1.34. The average molecular weight is 279 g/mol. The molecule has 0 radical (unpaired) electrons. The summed E-state index contributed by atoms with van der Waals surface area (Å²) in [6.07, 6.45) is 1.45. The van der Waals surface area contributed by atoms with Gasteiger partial charge >= 0.3 is 5.97 Å². The Morgan fingerprint density at radius 3 is 2.57 bits per heavy atom. The molecule has 0 aliphatic rings. The number of nitrogens with zero attached hydrogens (tertiary/aromatic N) is 1. The van der Waals surface area contributed by atoms with Crippen molar-refractivity contribution in [3.63, 3.8) is 0 Å². The number of benzene rings is 2. The molecule has 0 amide bonds. The first kappa shape index (κ1) is 13.1. The largest absolute Gasteiger partial charge is 0.618 e. The second-order valence-corrected chi connectivity index (χ2v) is 4.65. The van der Waals surface area contributed by atoms with Crippen molar-refractivity contribution in [1.29, 1.82) is 0 Å². The molecular weight excluding hydrogens is 266 g/mol. The van der Waals surface area contributed by atoms with Gasteiger partial charge in [-0.1, -0.05) is 30.3 Å². The molecule has 4 nitrogen and oxygen atoms in total. The highest BCUT2D eigenvalue weighted by Crippen LogP contribution is 2.28. The number of carbonyl (C=O) groups is 1. The smallest absolute Gasteiger partial charge is 0.337 e. The van der Waals surface area contributed by atoms with Gasteiger partial charge in [0.15, 0.2) is 6.20 Å². The van der Waals surface area contributed by atoms with E-state index in [4.69, 9.17) is 4.74 Å². The summed E-state index contributed by atoms with van der Waals surface area (Å²) >= 11 is 0. The van der Waals surface area contributed by atoms with Gasteiger partial charge in [0.1, 0.15) is 0 Å². The molecule has 0 saturated carbocycles. The lowest BCUT2D eigenvalue weighted by Gasteiger charge is -2.09. The van der Waals surface area contributed by atoms with E-state index in [1.165, 1.54) is 13.3 Å². The molecule has 3 rings (SSSR count). The normalized spacial score (nSPS) is 10.5. The fourth-order valence-corrected chi connectivity index (χ4v) is 2.40. The van der Waals surface area contributed by atoms with Gasteiger partial charge in [-0.2, -0.15) is 4.73 Å². The highest BCUT2D eigenvalue weighted by atomic mass is 16.5. The zero-order valence-corrected chi connectivity index (χ0v) is 11.4. The minimum atomic E-state index is -0.421. The predicted octanol–water partition coefficient (Wildman–Crippen LogP) is 2.93. The van der Waals surface area contributed by atoms with Crippen molar-refractivity contribution >= 4 is 16.9 Å². The Labute approximate surface area is 121 Å². The molecule has 0 aliphatic carbocycles. The first-order valence-electron chi connectivity index (χ1n) is 6.50. The Bertz CT molecular complexity index is 813. The van der Waals surface area contributed by atoms with Crippen LogP contribution < -0.4 is 4.73 Å². The Morgan fingerprint density at radius 2 is 1.86 bits per heavy atom. The van der Waals surface area contributed by atoms with E-state index in [1.807, 2.05) is 36.4 Å². The lowest BCUT2D eigenvalue weighted by molar-refractivity contribution is -0.576. The molecule has 3 aromatic rings. The van der Waals surface area contributed by atoms with Gasteiger partial charge < -0.3 is 9.94 Å². The maximum Gasteiger partial charge on any atom is 0.337 e. The summed E-state index contributed by atoms with van der Waals surface area (Å²) in [5.74, 6) is -0.421. The van der Waals surface area contributed by atoms with Crippen LogP contribution in [-0.2, 0) is 4.74 Å². The number of esters is 1. The maximum atomic E-state index is 12.1. The summed E-state index contributed by atoms with van der Waals surface area (Å²) in [6.45, 7) is 0. The van der Waals surface area contributed by atoms with E-state index in [9.17, 15) is 10.0 Å². The van der Waals surface area contributed by atoms with E-state index >= 15 is 0 Å². The molecule has 0 bridgehead atoms. The molecule has 21 heavy (non-hydrogen) atoms. The Morgan fingerprint density at radius 1 is 1.10 bits per heavy atom. The molecule has 0 atom stereocenters. The van der Waals surface area contributed by atoms with Gasteiger partial charge in [0.25, 0.3) is 0 Å². The molecule has 0 spiro atoms.